The lowest BCUT2D eigenvalue weighted by atomic mass is 10.1. The van der Waals surface area contributed by atoms with E-state index in [4.69, 9.17) is 4.74 Å². The second-order valence-electron chi connectivity index (χ2n) is 9.53. The highest BCUT2D eigenvalue weighted by atomic mass is 32.2. The molecule has 0 bridgehead atoms. The monoisotopic (exact) mass is 571 g/mol. The fourth-order valence-corrected chi connectivity index (χ4v) is 5.66. The summed E-state index contributed by atoms with van der Waals surface area (Å²) in [5.74, 6) is 0.270. The lowest BCUT2D eigenvalue weighted by molar-refractivity contribution is -0.139. The molecule has 0 spiro atoms. The van der Waals surface area contributed by atoms with Crippen molar-refractivity contribution in [3.63, 3.8) is 0 Å². The number of anilines is 1. The van der Waals surface area contributed by atoms with Gasteiger partial charge in [-0.1, -0.05) is 66.2 Å². The molecule has 0 saturated carbocycles. The van der Waals surface area contributed by atoms with Crippen LogP contribution in [0.3, 0.4) is 0 Å². The van der Waals surface area contributed by atoms with Gasteiger partial charge in [-0.15, -0.1) is 0 Å². The maximum Gasteiger partial charge on any atom is 0.264 e. The number of likely N-dealkylation sites (N-methyl/N-ethyl adjacent to an activating group) is 1. The zero-order valence-corrected chi connectivity index (χ0v) is 24.0. The molecular weight excluding hydrogens is 538 g/mol. The summed E-state index contributed by atoms with van der Waals surface area (Å²) in [5, 5.41) is 2.58. The third-order valence-corrected chi connectivity index (χ3v) is 8.39. The van der Waals surface area contributed by atoms with Gasteiger partial charge in [-0.25, -0.2) is 8.42 Å². The quantitative estimate of drug-likeness (QED) is 0.269. The first-order valence-electron chi connectivity index (χ1n) is 13.2. The Bertz CT molecular complexity index is 1560. The summed E-state index contributed by atoms with van der Waals surface area (Å²) >= 11 is 0. The minimum absolute atomic E-state index is 0.0504. The van der Waals surface area contributed by atoms with Crippen LogP contribution in [0.15, 0.2) is 114 Å². The van der Waals surface area contributed by atoms with E-state index >= 15 is 0 Å². The minimum atomic E-state index is -4.15. The standard InChI is InChI=1S/C32H33N3O5S/c1-24-14-20-30(21-15-24)41(38,39)35(27-16-18-29(19-17-27)40-28-12-8-5-9-13-28)23-31(36)34(25(2)32(37)33-3)22-26-10-6-4-7-11-26/h4-21,25H,22-23H2,1-3H3,(H,33,37)/t25-/m0/s1. The molecule has 8 nitrogen and oxygen atoms in total. The number of hydrogen-bond donors (Lipinski definition) is 1. The first-order valence-corrected chi connectivity index (χ1v) is 14.6. The number of nitrogens with one attached hydrogen (secondary N) is 1. The predicted molar refractivity (Wildman–Crippen MR) is 159 cm³/mol. The Balaban J connectivity index is 1.69. The summed E-state index contributed by atoms with van der Waals surface area (Å²) in [7, 11) is -2.65. The average Bonchev–Trinajstić information content (AvgIpc) is 2.99. The third-order valence-electron chi connectivity index (χ3n) is 6.60. The van der Waals surface area contributed by atoms with E-state index in [1.165, 1.54) is 24.1 Å². The number of amides is 2. The smallest absolute Gasteiger partial charge is 0.264 e. The van der Waals surface area contributed by atoms with Gasteiger partial charge in [0.15, 0.2) is 0 Å². The molecule has 0 aliphatic heterocycles. The van der Waals surface area contributed by atoms with Crippen molar-refractivity contribution in [1.82, 2.24) is 10.2 Å². The van der Waals surface area contributed by atoms with Gasteiger partial charge in [0.2, 0.25) is 11.8 Å². The van der Waals surface area contributed by atoms with Gasteiger partial charge in [0, 0.05) is 13.6 Å². The number of sulfonamides is 1. The van der Waals surface area contributed by atoms with Crippen LogP contribution in [0, 0.1) is 6.92 Å². The number of para-hydroxylation sites is 1. The van der Waals surface area contributed by atoms with E-state index in [0.29, 0.717) is 11.5 Å². The molecule has 0 radical (unpaired) electrons. The number of nitrogens with zero attached hydrogens (tertiary/aromatic N) is 2. The normalized spacial score (nSPS) is 11.8. The summed E-state index contributed by atoms with van der Waals surface area (Å²) in [4.78, 5) is 27.9. The van der Waals surface area contributed by atoms with Crippen LogP contribution in [-0.4, -0.2) is 44.8 Å². The first kappa shape index (κ1) is 29.4. The topological polar surface area (TPSA) is 96.0 Å². The Hall–Kier alpha value is -4.63. The van der Waals surface area contributed by atoms with Gasteiger partial charge in [-0.3, -0.25) is 13.9 Å². The van der Waals surface area contributed by atoms with Gasteiger partial charge >= 0.3 is 0 Å². The molecule has 0 aliphatic carbocycles. The molecule has 1 atom stereocenters. The summed E-state index contributed by atoms with van der Waals surface area (Å²) in [6.07, 6.45) is 0. The molecule has 0 fully saturated rings. The molecule has 4 rings (SSSR count). The predicted octanol–water partition coefficient (Wildman–Crippen LogP) is 5.15. The van der Waals surface area contributed by atoms with Crippen molar-refractivity contribution in [2.75, 3.05) is 17.9 Å². The van der Waals surface area contributed by atoms with Crippen molar-refractivity contribution in [1.29, 1.82) is 0 Å². The van der Waals surface area contributed by atoms with Crippen LogP contribution in [0.1, 0.15) is 18.1 Å². The van der Waals surface area contributed by atoms with Crippen molar-refractivity contribution in [2.24, 2.45) is 0 Å². The Morgan fingerprint density at radius 3 is 1.95 bits per heavy atom. The molecule has 2 amide bonds. The second-order valence-corrected chi connectivity index (χ2v) is 11.4. The van der Waals surface area contributed by atoms with E-state index < -0.39 is 28.5 Å². The second kappa shape index (κ2) is 13.1. The van der Waals surface area contributed by atoms with Crippen molar-refractivity contribution >= 4 is 27.5 Å². The molecule has 0 aliphatic rings. The molecule has 41 heavy (non-hydrogen) atoms. The van der Waals surface area contributed by atoms with Gasteiger partial charge in [0.05, 0.1) is 10.6 Å². The third kappa shape index (κ3) is 7.32. The molecule has 1 N–H and O–H groups in total. The van der Waals surface area contributed by atoms with Gasteiger partial charge in [0.1, 0.15) is 24.1 Å². The molecule has 0 aromatic heterocycles. The zero-order valence-electron chi connectivity index (χ0n) is 23.2. The van der Waals surface area contributed by atoms with Crippen LogP contribution >= 0.6 is 0 Å². The lowest BCUT2D eigenvalue weighted by Crippen LogP contribution is -2.50. The summed E-state index contributed by atoms with van der Waals surface area (Å²) in [6, 6.07) is 30.6. The number of aryl methyl sites for hydroxylation is 1. The van der Waals surface area contributed by atoms with Crippen molar-refractivity contribution < 1.29 is 22.7 Å². The van der Waals surface area contributed by atoms with Gasteiger partial charge in [-0.2, -0.15) is 0 Å². The van der Waals surface area contributed by atoms with E-state index in [2.05, 4.69) is 5.32 Å². The minimum Gasteiger partial charge on any atom is -0.457 e. The van der Waals surface area contributed by atoms with Crippen molar-refractivity contribution in [3.05, 3.63) is 120 Å². The summed E-state index contributed by atoms with van der Waals surface area (Å²) in [6.45, 7) is 3.11. The highest BCUT2D eigenvalue weighted by Crippen LogP contribution is 2.28. The van der Waals surface area contributed by atoms with Crippen molar-refractivity contribution in [3.8, 4) is 11.5 Å². The molecule has 4 aromatic carbocycles. The molecule has 0 saturated heterocycles. The Kier molecular flexibility index (Phi) is 9.41. The van der Waals surface area contributed by atoms with E-state index in [1.807, 2.05) is 67.6 Å². The molecule has 4 aromatic rings. The van der Waals surface area contributed by atoms with Crippen LogP contribution < -0.4 is 14.4 Å². The van der Waals surface area contributed by atoms with Crippen LogP contribution in [0.4, 0.5) is 5.69 Å². The highest BCUT2D eigenvalue weighted by Gasteiger charge is 2.32. The van der Waals surface area contributed by atoms with Crippen molar-refractivity contribution in [2.45, 2.75) is 31.3 Å². The van der Waals surface area contributed by atoms with Crippen LogP contribution in [0.5, 0.6) is 11.5 Å². The highest BCUT2D eigenvalue weighted by molar-refractivity contribution is 7.92. The first-order chi connectivity index (χ1) is 19.7. The number of benzene rings is 4. The summed E-state index contributed by atoms with van der Waals surface area (Å²) in [5.41, 5.74) is 2.00. The van der Waals surface area contributed by atoms with E-state index in [-0.39, 0.29) is 23.0 Å². The summed E-state index contributed by atoms with van der Waals surface area (Å²) < 4.78 is 34.8. The Morgan fingerprint density at radius 1 is 0.805 bits per heavy atom. The lowest BCUT2D eigenvalue weighted by Gasteiger charge is -2.31. The van der Waals surface area contributed by atoms with Crippen LogP contribution in [0.2, 0.25) is 0 Å². The number of carbonyl (C=O) groups excluding carboxylic acids is 2. The van der Waals surface area contributed by atoms with Crippen LogP contribution in [-0.2, 0) is 26.2 Å². The number of carbonyl (C=O) groups is 2. The molecule has 0 unspecified atom stereocenters. The van der Waals surface area contributed by atoms with E-state index in [1.54, 1.807) is 43.3 Å². The maximum absolute atomic E-state index is 13.9. The molecule has 0 heterocycles. The number of hydrogen-bond acceptors (Lipinski definition) is 5. The number of rotatable bonds is 11. The SMILES string of the molecule is CNC(=O)[C@H](C)N(Cc1ccccc1)C(=O)CN(c1ccc(Oc2ccccc2)cc1)S(=O)(=O)c1ccc(C)cc1. The Labute approximate surface area is 241 Å². The largest absolute Gasteiger partial charge is 0.457 e. The Morgan fingerprint density at radius 2 is 1.37 bits per heavy atom. The van der Waals surface area contributed by atoms with Crippen LogP contribution in [0.25, 0.3) is 0 Å². The fraction of sp³-hybridized carbons (Fsp3) is 0.188. The number of ether oxygens (including phenoxy) is 1. The van der Waals surface area contributed by atoms with Gasteiger partial charge in [0.25, 0.3) is 10.0 Å². The average molecular weight is 572 g/mol. The van der Waals surface area contributed by atoms with E-state index in [0.717, 1.165) is 15.4 Å². The van der Waals surface area contributed by atoms with E-state index in [9.17, 15) is 18.0 Å². The maximum atomic E-state index is 13.9. The molecule has 212 valence electrons. The van der Waals surface area contributed by atoms with Gasteiger partial charge in [-0.05, 0) is 67.9 Å². The van der Waals surface area contributed by atoms with Gasteiger partial charge < -0.3 is 15.0 Å². The fourth-order valence-electron chi connectivity index (χ4n) is 4.24. The molecular formula is C32H33N3O5S. The zero-order chi connectivity index (χ0) is 29.4. The molecule has 9 heteroatoms.